The minimum atomic E-state index is -2.42. The average molecular weight is 311 g/mol. The fourth-order valence-electron chi connectivity index (χ4n) is 2.65. The Bertz CT molecular complexity index is 335. The maximum absolute atomic E-state index is 11.6. The molecule has 0 aromatic heterocycles. The van der Waals surface area contributed by atoms with Crippen molar-refractivity contribution in [1.82, 2.24) is 4.90 Å². The van der Waals surface area contributed by atoms with Crippen LogP contribution in [0.3, 0.4) is 0 Å². The van der Waals surface area contributed by atoms with Gasteiger partial charge in [0.25, 0.3) is 0 Å². The van der Waals surface area contributed by atoms with Crippen molar-refractivity contribution in [3.63, 3.8) is 0 Å². The molecule has 2 atom stereocenters. The first kappa shape index (κ1) is 17.1. The third kappa shape index (κ3) is 3.21. The van der Waals surface area contributed by atoms with Crippen LogP contribution in [0.1, 0.15) is 53.4 Å². The first-order valence-corrected chi connectivity index (χ1v) is 8.83. The Morgan fingerprint density at radius 1 is 1.00 bits per heavy atom. The largest absolute Gasteiger partial charge is 0.752 e. The molecule has 8 heteroatoms. The average Bonchev–Trinajstić information content (AvgIpc) is 2.40. The van der Waals surface area contributed by atoms with Crippen LogP contribution in [0.4, 0.5) is 0 Å². The van der Waals surface area contributed by atoms with Crippen LogP contribution in [-0.4, -0.2) is 23.4 Å². The minimum Gasteiger partial charge on any atom is -0.242 e. The summed E-state index contributed by atoms with van der Waals surface area (Å²) < 4.78 is 38.4. The van der Waals surface area contributed by atoms with Gasteiger partial charge in [0.15, 0.2) is 4.31 Å². The maximum Gasteiger partial charge on any atom is 0.752 e. The fourth-order valence-corrected chi connectivity index (χ4v) is 4.45. The number of rotatable bonds is 6. The second kappa shape index (κ2) is 6.66. The Kier molecular flexibility index (Phi) is 5.99. The van der Waals surface area contributed by atoms with Gasteiger partial charge in [0.05, 0.1) is 0 Å². The zero-order valence-corrected chi connectivity index (χ0v) is 14.0. The lowest BCUT2D eigenvalue weighted by molar-refractivity contribution is -0.258. The predicted octanol–water partition coefficient (Wildman–Crippen LogP) is 4.33. The smallest absolute Gasteiger partial charge is 0.242 e. The van der Waals surface area contributed by atoms with Crippen molar-refractivity contribution in [2.75, 3.05) is 7.05 Å². The highest BCUT2D eigenvalue weighted by atomic mass is 31.2. The summed E-state index contributed by atoms with van der Waals surface area (Å²) in [6.45, 7) is 8.12. The Morgan fingerprint density at radius 2 is 1.42 bits per heavy atom. The molecular formula is C11H23NO5P2+2. The highest BCUT2D eigenvalue weighted by molar-refractivity contribution is 7.48. The van der Waals surface area contributed by atoms with Crippen molar-refractivity contribution in [2.45, 2.75) is 64.8 Å². The molecule has 0 aliphatic carbocycles. The van der Waals surface area contributed by atoms with Crippen LogP contribution in [0.5, 0.6) is 0 Å². The third-order valence-corrected chi connectivity index (χ3v) is 6.15. The summed E-state index contributed by atoms with van der Waals surface area (Å²) >= 11 is 0. The van der Waals surface area contributed by atoms with Crippen LogP contribution in [-0.2, 0) is 22.5 Å². The monoisotopic (exact) mass is 311 g/mol. The molecule has 1 aliphatic heterocycles. The van der Waals surface area contributed by atoms with E-state index in [1.165, 1.54) is 0 Å². The molecule has 1 rings (SSSR count). The van der Waals surface area contributed by atoms with E-state index in [-0.39, 0.29) is 5.54 Å². The van der Waals surface area contributed by atoms with E-state index in [0.717, 1.165) is 19.3 Å². The fraction of sp³-hybridized carbons (Fsp3) is 1.00. The van der Waals surface area contributed by atoms with Gasteiger partial charge < -0.3 is 0 Å². The highest BCUT2D eigenvalue weighted by Gasteiger charge is 2.65. The number of hydrogen-bond donors (Lipinski definition) is 0. The Morgan fingerprint density at radius 3 is 1.74 bits per heavy atom. The van der Waals surface area contributed by atoms with Gasteiger partial charge in [-0.2, -0.15) is 0 Å². The van der Waals surface area contributed by atoms with Crippen LogP contribution in [0, 0.1) is 0 Å². The molecule has 110 valence electrons. The summed E-state index contributed by atoms with van der Waals surface area (Å²) in [5, 5.41) is 0. The molecule has 0 bridgehead atoms. The zero-order chi connectivity index (χ0) is 14.7. The summed E-state index contributed by atoms with van der Waals surface area (Å²) in [5.74, 6) is -1.25. The maximum atomic E-state index is 11.6. The Labute approximate surface area is 116 Å². The predicted molar refractivity (Wildman–Crippen MR) is 72.9 cm³/mol. The van der Waals surface area contributed by atoms with Crippen molar-refractivity contribution < 1.29 is 22.5 Å². The summed E-state index contributed by atoms with van der Waals surface area (Å²) in [7, 11) is -2.98. The summed E-state index contributed by atoms with van der Waals surface area (Å²) in [6.07, 6.45) is 3.08. The van der Waals surface area contributed by atoms with E-state index in [0.29, 0.717) is 6.42 Å². The van der Waals surface area contributed by atoms with E-state index in [1.807, 2.05) is 18.9 Å². The molecule has 0 amide bonds. The molecule has 1 fully saturated rings. The highest BCUT2D eigenvalue weighted by Crippen LogP contribution is 2.55. The van der Waals surface area contributed by atoms with Crippen LogP contribution >= 0.6 is 16.5 Å². The van der Waals surface area contributed by atoms with Crippen molar-refractivity contribution in [3.8, 4) is 0 Å². The Hall–Kier alpha value is 0.0400. The van der Waals surface area contributed by atoms with Crippen molar-refractivity contribution in [2.24, 2.45) is 0 Å². The SMILES string of the molecule is CCC(CC)(CC)N(C)C1(CC)O[P+](=O)O[P+](=O)O1. The van der Waals surface area contributed by atoms with E-state index in [1.54, 1.807) is 0 Å². The second-order valence-corrected chi connectivity index (χ2v) is 6.53. The van der Waals surface area contributed by atoms with Gasteiger partial charge in [0, 0.05) is 21.1 Å². The van der Waals surface area contributed by atoms with E-state index < -0.39 is 22.4 Å². The van der Waals surface area contributed by atoms with E-state index in [2.05, 4.69) is 25.1 Å². The molecule has 0 N–H and O–H groups in total. The second-order valence-electron chi connectivity index (χ2n) is 4.62. The molecule has 1 aliphatic rings. The standard InChI is InChI=1S/C11H23NO5P2/c1-6-10(7-2,8-3)12(5)11(9-4)15-18(13)17-19(14)16-11/h6-9H2,1-5H3/q+2. The van der Waals surface area contributed by atoms with Gasteiger partial charge in [-0.1, -0.05) is 36.7 Å². The number of nitrogens with zero attached hydrogens (tertiary/aromatic N) is 1. The van der Waals surface area contributed by atoms with Gasteiger partial charge in [-0.3, -0.25) is 0 Å². The van der Waals surface area contributed by atoms with Crippen LogP contribution in [0.25, 0.3) is 0 Å². The van der Waals surface area contributed by atoms with Crippen LogP contribution in [0.2, 0.25) is 0 Å². The molecule has 1 heterocycles. The summed E-state index contributed by atoms with van der Waals surface area (Å²) in [5.41, 5.74) is -0.153. The lowest BCUT2D eigenvalue weighted by Crippen LogP contribution is -2.59. The first-order chi connectivity index (χ1) is 8.89. The summed E-state index contributed by atoms with van der Waals surface area (Å²) in [6, 6.07) is 0. The van der Waals surface area contributed by atoms with Gasteiger partial charge in [-0.25, -0.2) is 4.90 Å². The minimum absolute atomic E-state index is 0.153. The van der Waals surface area contributed by atoms with Crippen molar-refractivity contribution in [1.29, 1.82) is 0 Å². The molecule has 1 saturated heterocycles. The van der Waals surface area contributed by atoms with Crippen molar-refractivity contribution in [3.05, 3.63) is 0 Å². The van der Waals surface area contributed by atoms with Crippen LogP contribution in [0.15, 0.2) is 0 Å². The first-order valence-electron chi connectivity index (χ1n) is 6.64. The molecule has 0 radical (unpaired) electrons. The summed E-state index contributed by atoms with van der Waals surface area (Å²) in [4.78, 5) is 1.92. The molecule has 6 nitrogen and oxygen atoms in total. The van der Waals surface area contributed by atoms with Gasteiger partial charge in [-0.15, -0.1) is 0 Å². The van der Waals surface area contributed by atoms with E-state index in [4.69, 9.17) is 9.05 Å². The molecular weight excluding hydrogens is 288 g/mol. The van der Waals surface area contributed by atoms with Crippen molar-refractivity contribution >= 4 is 16.5 Å². The molecule has 0 saturated carbocycles. The van der Waals surface area contributed by atoms with Gasteiger partial charge in [0.1, 0.15) is 0 Å². The zero-order valence-electron chi connectivity index (χ0n) is 12.2. The lowest BCUT2D eigenvalue weighted by Gasteiger charge is -2.45. The third-order valence-electron chi connectivity index (χ3n) is 4.21. The van der Waals surface area contributed by atoms with Gasteiger partial charge in [-0.05, 0) is 26.3 Å². The molecule has 0 spiro atoms. The van der Waals surface area contributed by atoms with Crippen LogP contribution < -0.4 is 0 Å². The topological polar surface area (TPSA) is 65.1 Å². The molecule has 0 aromatic carbocycles. The molecule has 19 heavy (non-hydrogen) atoms. The van der Waals surface area contributed by atoms with E-state index in [9.17, 15) is 9.13 Å². The molecule has 0 aromatic rings. The quantitative estimate of drug-likeness (QED) is 0.680. The van der Waals surface area contributed by atoms with Gasteiger partial charge >= 0.3 is 22.4 Å². The Balaban J connectivity index is 3.13. The lowest BCUT2D eigenvalue weighted by atomic mass is 9.87. The van der Waals surface area contributed by atoms with Gasteiger partial charge in [0.2, 0.25) is 0 Å². The van der Waals surface area contributed by atoms with E-state index >= 15 is 0 Å². The normalized spacial score (nSPS) is 28.9. The number of hydrogen-bond acceptors (Lipinski definition) is 6. The molecule has 2 unspecified atom stereocenters.